The Hall–Kier alpha value is -1.86. The Labute approximate surface area is 114 Å². The average molecular weight is 260 g/mol. The summed E-state index contributed by atoms with van der Waals surface area (Å²) in [5.74, 6) is 5.91. The highest BCUT2D eigenvalue weighted by molar-refractivity contribution is 5.94. The lowest BCUT2D eigenvalue weighted by Gasteiger charge is -2.17. The second kappa shape index (κ2) is 7.55. The summed E-state index contributed by atoms with van der Waals surface area (Å²) >= 11 is 0. The van der Waals surface area contributed by atoms with Crippen LogP contribution in [0.5, 0.6) is 0 Å². The molecule has 0 saturated carbocycles. The van der Waals surface area contributed by atoms with Gasteiger partial charge in [0.05, 0.1) is 12.2 Å². The van der Waals surface area contributed by atoms with Gasteiger partial charge in [-0.15, -0.1) is 0 Å². The van der Waals surface area contributed by atoms with Crippen LogP contribution in [0.15, 0.2) is 18.5 Å². The van der Waals surface area contributed by atoms with Crippen molar-refractivity contribution in [3.05, 3.63) is 29.6 Å². The van der Waals surface area contributed by atoms with Crippen LogP contribution in [0.4, 0.5) is 0 Å². The van der Waals surface area contributed by atoms with Crippen LogP contribution in [0.1, 0.15) is 43.1 Å². The summed E-state index contributed by atoms with van der Waals surface area (Å²) < 4.78 is 0. The minimum atomic E-state index is -0.139. The number of nitrogens with one attached hydrogen (secondary N) is 1. The maximum atomic E-state index is 12.0. The summed E-state index contributed by atoms with van der Waals surface area (Å²) in [5.41, 5.74) is 1.18. The molecule has 0 aliphatic heterocycles. The summed E-state index contributed by atoms with van der Waals surface area (Å²) in [5, 5.41) is 11.6. The number of aliphatic hydroxyl groups excluding tert-OH is 1. The molecule has 0 bridgehead atoms. The van der Waals surface area contributed by atoms with Crippen molar-refractivity contribution < 1.29 is 9.90 Å². The maximum Gasteiger partial charge on any atom is 0.253 e. The first-order chi connectivity index (χ1) is 9.04. The van der Waals surface area contributed by atoms with Gasteiger partial charge in [-0.3, -0.25) is 9.78 Å². The molecule has 0 aliphatic carbocycles. The molecule has 1 heterocycles. The Morgan fingerprint density at radius 2 is 2.16 bits per heavy atom. The second-order valence-electron chi connectivity index (χ2n) is 4.74. The first-order valence-electron chi connectivity index (χ1n) is 6.40. The van der Waals surface area contributed by atoms with Gasteiger partial charge in [0.25, 0.3) is 5.91 Å². The normalized spacial score (nSPS) is 11.6. The van der Waals surface area contributed by atoms with Crippen LogP contribution in [0.2, 0.25) is 0 Å². The Kier molecular flexibility index (Phi) is 6.04. The van der Waals surface area contributed by atoms with Gasteiger partial charge in [0.15, 0.2) is 0 Å². The van der Waals surface area contributed by atoms with Crippen LogP contribution in [-0.4, -0.2) is 28.6 Å². The molecule has 4 nitrogen and oxygen atoms in total. The monoisotopic (exact) mass is 260 g/mol. The number of amides is 1. The van der Waals surface area contributed by atoms with Crippen molar-refractivity contribution in [1.29, 1.82) is 0 Å². The first-order valence-corrected chi connectivity index (χ1v) is 6.40. The average Bonchev–Trinajstić information content (AvgIpc) is 2.39. The molecular weight excluding hydrogens is 240 g/mol. The number of hydrogen-bond donors (Lipinski definition) is 2. The van der Waals surface area contributed by atoms with Crippen LogP contribution in [-0.2, 0) is 0 Å². The molecule has 1 rings (SSSR count). The molecule has 2 N–H and O–H groups in total. The molecule has 1 aromatic heterocycles. The molecule has 0 aliphatic rings. The third kappa shape index (κ3) is 5.11. The van der Waals surface area contributed by atoms with Crippen LogP contribution in [0.25, 0.3) is 0 Å². The largest absolute Gasteiger partial charge is 0.395 e. The number of carbonyl (C=O) groups excluding carboxylic acids is 1. The summed E-state index contributed by atoms with van der Waals surface area (Å²) in [6.45, 7) is 6.12. The zero-order valence-electron chi connectivity index (χ0n) is 11.6. The molecule has 0 saturated heterocycles. The van der Waals surface area contributed by atoms with E-state index in [1.54, 1.807) is 12.3 Å². The molecule has 0 fully saturated rings. The van der Waals surface area contributed by atoms with Gasteiger partial charge in [-0.1, -0.05) is 25.7 Å². The zero-order chi connectivity index (χ0) is 14.3. The lowest BCUT2D eigenvalue weighted by atomic mass is 10.1. The van der Waals surface area contributed by atoms with Crippen molar-refractivity contribution in [3.8, 4) is 11.8 Å². The quantitative estimate of drug-likeness (QED) is 0.808. The van der Waals surface area contributed by atoms with E-state index in [-0.39, 0.29) is 18.6 Å². The van der Waals surface area contributed by atoms with Gasteiger partial charge < -0.3 is 10.4 Å². The molecule has 1 unspecified atom stereocenters. The lowest BCUT2D eigenvalue weighted by Crippen LogP contribution is -2.36. The molecule has 102 valence electrons. The number of rotatable bonds is 4. The van der Waals surface area contributed by atoms with Crippen LogP contribution < -0.4 is 5.32 Å². The van der Waals surface area contributed by atoms with Gasteiger partial charge in [0.2, 0.25) is 0 Å². The highest BCUT2D eigenvalue weighted by Crippen LogP contribution is 2.05. The van der Waals surface area contributed by atoms with E-state index in [0.717, 1.165) is 0 Å². The maximum absolute atomic E-state index is 12.0. The standard InChI is InChI=1S/C15H20N2O2/c1-11(2)12(3)17-15(19)14-8-13(9-16-10-14)6-4-5-7-18/h8-12,18H,5,7H2,1-3H3,(H,17,19). The minimum absolute atomic E-state index is 0.0342. The summed E-state index contributed by atoms with van der Waals surface area (Å²) in [6, 6.07) is 1.82. The fourth-order valence-corrected chi connectivity index (χ4v) is 1.31. The van der Waals surface area contributed by atoms with Gasteiger partial charge in [0, 0.05) is 30.4 Å². The second-order valence-corrected chi connectivity index (χ2v) is 4.74. The predicted molar refractivity (Wildman–Crippen MR) is 74.6 cm³/mol. The van der Waals surface area contributed by atoms with E-state index in [2.05, 4.69) is 36.0 Å². The minimum Gasteiger partial charge on any atom is -0.395 e. The molecule has 0 spiro atoms. The predicted octanol–water partition coefficient (Wildman–Crippen LogP) is 1.59. The van der Waals surface area contributed by atoms with Crippen molar-refractivity contribution in [2.24, 2.45) is 5.92 Å². The van der Waals surface area contributed by atoms with E-state index in [4.69, 9.17) is 5.11 Å². The van der Waals surface area contributed by atoms with E-state index in [9.17, 15) is 4.79 Å². The molecular formula is C15H20N2O2. The fourth-order valence-electron chi connectivity index (χ4n) is 1.31. The van der Waals surface area contributed by atoms with E-state index in [1.807, 2.05) is 6.92 Å². The molecule has 19 heavy (non-hydrogen) atoms. The number of carbonyl (C=O) groups is 1. The van der Waals surface area contributed by atoms with Crippen molar-refractivity contribution in [1.82, 2.24) is 10.3 Å². The molecule has 0 aromatic carbocycles. The number of aliphatic hydroxyl groups is 1. The van der Waals surface area contributed by atoms with Crippen molar-refractivity contribution in [3.63, 3.8) is 0 Å². The smallest absolute Gasteiger partial charge is 0.253 e. The third-order valence-electron chi connectivity index (χ3n) is 2.83. The number of pyridine rings is 1. The van der Waals surface area contributed by atoms with Crippen molar-refractivity contribution in [2.75, 3.05) is 6.61 Å². The molecule has 1 amide bonds. The van der Waals surface area contributed by atoms with Gasteiger partial charge in [-0.2, -0.15) is 0 Å². The van der Waals surface area contributed by atoms with Gasteiger partial charge in [0.1, 0.15) is 0 Å². The topological polar surface area (TPSA) is 62.2 Å². The molecule has 1 aromatic rings. The summed E-state index contributed by atoms with van der Waals surface area (Å²) in [4.78, 5) is 16.0. The fraction of sp³-hybridized carbons (Fsp3) is 0.467. The van der Waals surface area contributed by atoms with Gasteiger partial charge in [-0.25, -0.2) is 0 Å². The van der Waals surface area contributed by atoms with E-state index in [0.29, 0.717) is 23.5 Å². The third-order valence-corrected chi connectivity index (χ3v) is 2.83. The summed E-state index contributed by atoms with van der Waals surface area (Å²) in [6.07, 6.45) is 3.55. The van der Waals surface area contributed by atoms with Crippen molar-refractivity contribution >= 4 is 5.91 Å². The van der Waals surface area contributed by atoms with Crippen LogP contribution >= 0.6 is 0 Å². The molecule has 0 radical (unpaired) electrons. The molecule has 1 atom stereocenters. The highest BCUT2D eigenvalue weighted by Gasteiger charge is 2.12. The Bertz CT molecular complexity index is 486. The number of nitrogens with zero attached hydrogens (tertiary/aromatic N) is 1. The lowest BCUT2D eigenvalue weighted by molar-refractivity contribution is 0.0930. The molecule has 4 heteroatoms. The van der Waals surface area contributed by atoms with E-state index < -0.39 is 0 Å². The van der Waals surface area contributed by atoms with Gasteiger partial charge in [-0.05, 0) is 18.9 Å². The Balaban J connectivity index is 2.76. The highest BCUT2D eigenvalue weighted by atomic mass is 16.2. The first kappa shape index (κ1) is 15.2. The van der Waals surface area contributed by atoms with Crippen LogP contribution in [0.3, 0.4) is 0 Å². The Morgan fingerprint density at radius 1 is 1.42 bits per heavy atom. The zero-order valence-corrected chi connectivity index (χ0v) is 11.6. The van der Waals surface area contributed by atoms with Crippen LogP contribution in [0, 0.1) is 17.8 Å². The Morgan fingerprint density at radius 3 is 2.79 bits per heavy atom. The summed E-state index contributed by atoms with van der Waals surface area (Å²) in [7, 11) is 0. The number of aromatic nitrogens is 1. The van der Waals surface area contributed by atoms with E-state index in [1.165, 1.54) is 6.20 Å². The van der Waals surface area contributed by atoms with Gasteiger partial charge >= 0.3 is 0 Å². The number of hydrogen-bond acceptors (Lipinski definition) is 3. The SMILES string of the molecule is CC(C)C(C)NC(=O)c1cncc(C#CCCO)c1. The van der Waals surface area contributed by atoms with E-state index >= 15 is 0 Å². The van der Waals surface area contributed by atoms with Crippen molar-refractivity contribution in [2.45, 2.75) is 33.2 Å².